The van der Waals surface area contributed by atoms with Gasteiger partial charge in [0, 0.05) is 21.7 Å². The highest BCUT2D eigenvalue weighted by atomic mass is 79.9. The van der Waals surface area contributed by atoms with E-state index in [9.17, 15) is 8.60 Å². The second-order valence-corrected chi connectivity index (χ2v) is 7.82. The molecule has 0 amide bonds. The molecule has 1 aliphatic rings. The number of aryl methyl sites for hydroxylation is 1. The van der Waals surface area contributed by atoms with E-state index in [2.05, 4.69) is 20.7 Å². The molecule has 0 saturated heterocycles. The van der Waals surface area contributed by atoms with Crippen LogP contribution >= 0.6 is 15.9 Å². The maximum Gasteiger partial charge on any atom is 0.259 e. The Morgan fingerprint density at radius 1 is 1.24 bits per heavy atom. The summed E-state index contributed by atoms with van der Waals surface area (Å²) in [5.74, 6) is 0.300. The lowest BCUT2D eigenvalue weighted by Crippen LogP contribution is -2.33. The number of rotatable bonds is 3. The topological polar surface area (TPSA) is 58.6 Å². The molecular formula is C18H17BrFNO3S. The van der Waals surface area contributed by atoms with Crippen LogP contribution in [-0.2, 0) is 11.3 Å². The average molecular weight is 426 g/mol. The molecule has 0 fully saturated rings. The molecule has 0 aliphatic carbocycles. The second-order valence-electron chi connectivity index (χ2n) is 6.33. The first-order chi connectivity index (χ1) is 11.7. The number of fused-ring (bicyclic) bond motifs is 1. The number of hydrogen-bond donors (Lipinski definition) is 2. The van der Waals surface area contributed by atoms with Crippen LogP contribution in [0.5, 0.6) is 5.75 Å². The van der Waals surface area contributed by atoms with Gasteiger partial charge in [0.15, 0.2) is 0 Å². The first-order valence-corrected chi connectivity index (χ1v) is 9.47. The molecule has 1 heterocycles. The van der Waals surface area contributed by atoms with Crippen LogP contribution in [0.4, 0.5) is 10.1 Å². The molecule has 1 atom stereocenters. The molecule has 7 heteroatoms. The van der Waals surface area contributed by atoms with E-state index in [0.717, 1.165) is 26.7 Å². The molecule has 1 aliphatic heterocycles. The first kappa shape index (κ1) is 18.1. The molecule has 132 valence electrons. The summed E-state index contributed by atoms with van der Waals surface area (Å²) in [5.41, 5.74) is 3.37. The van der Waals surface area contributed by atoms with Gasteiger partial charge in [0.25, 0.3) is 11.3 Å². The molecule has 0 aromatic heterocycles. The Kier molecular flexibility index (Phi) is 4.74. The summed E-state index contributed by atoms with van der Waals surface area (Å²) in [6, 6.07) is 9.77. The van der Waals surface area contributed by atoms with Crippen LogP contribution in [0.15, 0.2) is 40.9 Å². The lowest BCUT2D eigenvalue weighted by atomic mass is 9.87. The third-order valence-electron chi connectivity index (χ3n) is 4.00. The van der Waals surface area contributed by atoms with E-state index in [1.165, 1.54) is 12.1 Å². The Bertz CT molecular complexity index is 894. The van der Waals surface area contributed by atoms with Gasteiger partial charge in [0.2, 0.25) is 0 Å². The maximum atomic E-state index is 13.3. The Balaban J connectivity index is 2.24. The molecule has 0 bridgehead atoms. The zero-order valence-electron chi connectivity index (χ0n) is 13.9. The minimum Gasteiger partial charge on any atom is -0.482 e. The Hall–Kier alpha value is -1.70. The molecule has 0 saturated carbocycles. The first-order valence-electron chi connectivity index (χ1n) is 7.57. The molecule has 25 heavy (non-hydrogen) atoms. The molecule has 2 aromatic carbocycles. The van der Waals surface area contributed by atoms with Gasteiger partial charge in [-0.15, -0.1) is 0 Å². The normalized spacial score (nSPS) is 16.9. The highest BCUT2D eigenvalue weighted by molar-refractivity contribution is 9.12. The summed E-state index contributed by atoms with van der Waals surface area (Å²) in [5, 5.41) is 0. The number of benzene rings is 2. The quantitative estimate of drug-likeness (QED) is 0.679. The van der Waals surface area contributed by atoms with Gasteiger partial charge >= 0.3 is 0 Å². The van der Waals surface area contributed by atoms with Gasteiger partial charge < -0.3 is 4.74 Å². The standard InChI is InChI=1S/C18H17BrFNO3S/c1-10-8-13(21-25(22)23)9-14-15(10)16(17(19)18(2,3)24-14)11-4-6-12(20)7-5-11/h4-9,21H,1-3H3,(H,22,23). The Labute approximate surface area is 156 Å². The molecule has 0 radical (unpaired) electrons. The second kappa shape index (κ2) is 6.55. The molecule has 2 N–H and O–H groups in total. The van der Waals surface area contributed by atoms with Crippen molar-refractivity contribution in [3.05, 3.63) is 63.4 Å². The van der Waals surface area contributed by atoms with Crippen molar-refractivity contribution in [2.75, 3.05) is 4.72 Å². The van der Waals surface area contributed by atoms with Crippen LogP contribution in [-0.4, -0.2) is 14.4 Å². The van der Waals surface area contributed by atoms with Crippen molar-refractivity contribution in [2.45, 2.75) is 26.4 Å². The molecule has 3 rings (SSSR count). The molecular weight excluding hydrogens is 409 g/mol. The van der Waals surface area contributed by atoms with Gasteiger partial charge in [-0.2, -0.15) is 0 Å². The van der Waals surface area contributed by atoms with Gasteiger partial charge in [-0.25, -0.2) is 8.60 Å². The van der Waals surface area contributed by atoms with Crippen molar-refractivity contribution in [2.24, 2.45) is 0 Å². The van der Waals surface area contributed by atoms with Gasteiger partial charge in [0.1, 0.15) is 17.2 Å². The fraction of sp³-hybridized carbons (Fsp3) is 0.222. The van der Waals surface area contributed by atoms with Gasteiger partial charge in [0.05, 0.1) is 5.69 Å². The van der Waals surface area contributed by atoms with E-state index in [-0.39, 0.29) is 5.82 Å². The number of anilines is 1. The summed E-state index contributed by atoms with van der Waals surface area (Å²) >= 11 is 1.48. The highest BCUT2D eigenvalue weighted by Gasteiger charge is 2.35. The van der Waals surface area contributed by atoms with E-state index < -0.39 is 16.9 Å². The van der Waals surface area contributed by atoms with Crippen molar-refractivity contribution in [1.82, 2.24) is 0 Å². The lowest BCUT2D eigenvalue weighted by Gasteiger charge is -2.35. The van der Waals surface area contributed by atoms with Gasteiger partial charge in [-0.1, -0.05) is 28.1 Å². The van der Waals surface area contributed by atoms with Crippen LogP contribution in [0.3, 0.4) is 0 Å². The van der Waals surface area contributed by atoms with Crippen LogP contribution in [0.25, 0.3) is 5.57 Å². The van der Waals surface area contributed by atoms with Gasteiger partial charge in [-0.3, -0.25) is 9.27 Å². The monoisotopic (exact) mass is 425 g/mol. The lowest BCUT2D eigenvalue weighted by molar-refractivity contribution is 0.155. The summed E-state index contributed by atoms with van der Waals surface area (Å²) in [6.07, 6.45) is 0. The summed E-state index contributed by atoms with van der Waals surface area (Å²) in [6.45, 7) is 5.74. The predicted molar refractivity (Wildman–Crippen MR) is 102 cm³/mol. The summed E-state index contributed by atoms with van der Waals surface area (Å²) in [7, 11) is 0. The molecule has 0 spiro atoms. The zero-order valence-corrected chi connectivity index (χ0v) is 16.3. The third-order valence-corrected chi connectivity index (χ3v) is 5.76. The Morgan fingerprint density at radius 2 is 1.88 bits per heavy atom. The van der Waals surface area contributed by atoms with Gasteiger partial charge in [-0.05, 0) is 50.1 Å². The maximum absolute atomic E-state index is 13.3. The predicted octanol–water partition coefficient (Wildman–Crippen LogP) is 5.01. The van der Waals surface area contributed by atoms with Crippen molar-refractivity contribution in [3.63, 3.8) is 0 Å². The number of halogens is 2. The van der Waals surface area contributed by atoms with Crippen LogP contribution < -0.4 is 9.46 Å². The van der Waals surface area contributed by atoms with Crippen molar-refractivity contribution in [1.29, 1.82) is 0 Å². The molecule has 1 unspecified atom stereocenters. The Morgan fingerprint density at radius 3 is 2.48 bits per heavy atom. The van der Waals surface area contributed by atoms with Crippen molar-refractivity contribution < 1.29 is 17.9 Å². The van der Waals surface area contributed by atoms with E-state index in [0.29, 0.717) is 11.4 Å². The SMILES string of the molecule is Cc1cc(NS(=O)O)cc2c1C(c1ccc(F)cc1)=C(Br)C(C)(C)O2. The largest absolute Gasteiger partial charge is 0.482 e. The number of hydrogen-bond acceptors (Lipinski definition) is 2. The van der Waals surface area contributed by atoms with Crippen LogP contribution in [0.2, 0.25) is 0 Å². The highest BCUT2D eigenvalue weighted by Crippen LogP contribution is 2.48. The van der Waals surface area contributed by atoms with Crippen LogP contribution in [0, 0.1) is 12.7 Å². The minimum atomic E-state index is -2.17. The number of ether oxygens (including phenoxy) is 1. The van der Waals surface area contributed by atoms with E-state index in [1.807, 2.05) is 20.8 Å². The average Bonchev–Trinajstić information content (AvgIpc) is 2.49. The molecule has 4 nitrogen and oxygen atoms in total. The zero-order chi connectivity index (χ0) is 18.4. The van der Waals surface area contributed by atoms with Crippen LogP contribution in [0.1, 0.15) is 30.5 Å². The third kappa shape index (κ3) is 3.49. The smallest absolute Gasteiger partial charge is 0.259 e. The fourth-order valence-electron chi connectivity index (χ4n) is 2.93. The minimum absolute atomic E-state index is 0.297. The van der Waals surface area contributed by atoms with E-state index in [4.69, 9.17) is 9.29 Å². The summed E-state index contributed by atoms with van der Waals surface area (Å²) < 4.78 is 42.9. The van der Waals surface area contributed by atoms with E-state index >= 15 is 0 Å². The summed E-state index contributed by atoms with van der Waals surface area (Å²) in [4.78, 5) is 0. The fourth-order valence-corrected chi connectivity index (χ4v) is 3.76. The van der Waals surface area contributed by atoms with Crippen molar-refractivity contribution in [3.8, 4) is 5.75 Å². The van der Waals surface area contributed by atoms with Crippen molar-refractivity contribution >= 4 is 38.5 Å². The van der Waals surface area contributed by atoms with E-state index in [1.54, 1.807) is 24.3 Å². The molecule has 2 aromatic rings. The number of nitrogens with one attached hydrogen (secondary N) is 1.